The van der Waals surface area contributed by atoms with Gasteiger partial charge in [-0.15, -0.1) is 11.3 Å². The average Bonchev–Trinajstić information content (AvgIpc) is 3.09. The molecule has 192 valence electrons. The Bertz CT molecular complexity index is 1140. The van der Waals surface area contributed by atoms with Gasteiger partial charge in [0.15, 0.2) is 5.78 Å². The molecular weight excluding hydrogens is 569 g/mol. The number of thiophene rings is 1. The average molecular weight is 584 g/mol. The van der Waals surface area contributed by atoms with Crippen LogP contribution in [0.3, 0.4) is 0 Å². The van der Waals surface area contributed by atoms with Crippen molar-refractivity contribution in [3.8, 4) is 0 Å². The van der Waals surface area contributed by atoms with Crippen molar-refractivity contribution in [1.29, 1.82) is 0 Å². The van der Waals surface area contributed by atoms with Crippen molar-refractivity contribution in [2.75, 3.05) is 6.54 Å². The number of amides is 2. The third kappa shape index (κ3) is 9.71. The number of ketones is 1. The van der Waals surface area contributed by atoms with Gasteiger partial charge >= 0.3 is 12.4 Å². The predicted molar refractivity (Wildman–Crippen MR) is 122 cm³/mol. The summed E-state index contributed by atoms with van der Waals surface area (Å²) in [6.45, 7) is 1.31. The van der Waals surface area contributed by atoms with Gasteiger partial charge in [0.05, 0.1) is 30.4 Å². The third-order valence-corrected chi connectivity index (χ3v) is 6.26. The molecule has 0 aliphatic rings. The van der Waals surface area contributed by atoms with Crippen molar-refractivity contribution in [3.05, 3.63) is 60.2 Å². The number of allylic oxidation sites excluding steroid dienone is 2. The molecule has 35 heavy (non-hydrogen) atoms. The zero-order valence-corrected chi connectivity index (χ0v) is 20.7. The highest BCUT2D eigenvalue weighted by molar-refractivity contribution is 7.16. The number of hydrogen-bond acceptors (Lipinski definition) is 4. The Morgan fingerprint density at radius 3 is 1.89 bits per heavy atom. The number of hydrogen-bond donors (Lipinski definition) is 2. The summed E-state index contributed by atoms with van der Waals surface area (Å²) in [6, 6.07) is 3.24. The molecule has 0 radical (unpaired) electrons. The minimum absolute atomic E-state index is 0.0517. The lowest BCUT2D eigenvalue weighted by Crippen LogP contribution is -2.31. The van der Waals surface area contributed by atoms with Crippen LogP contribution in [-0.2, 0) is 4.79 Å². The number of benzene rings is 1. The maximum Gasteiger partial charge on any atom is 0.417 e. The van der Waals surface area contributed by atoms with E-state index in [0.717, 1.165) is 30.4 Å². The maximum absolute atomic E-state index is 13.4. The number of alkyl halides is 6. The van der Waals surface area contributed by atoms with E-state index in [2.05, 4.69) is 0 Å². The van der Waals surface area contributed by atoms with Crippen molar-refractivity contribution in [3.63, 3.8) is 0 Å². The third-order valence-electron chi connectivity index (χ3n) is 3.80. The van der Waals surface area contributed by atoms with E-state index >= 15 is 0 Å². The van der Waals surface area contributed by atoms with Crippen molar-refractivity contribution >= 4 is 69.3 Å². The van der Waals surface area contributed by atoms with E-state index in [1.807, 2.05) is 0 Å². The molecule has 5 nitrogen and oxygen atoms in total. The Labute approximate surface area is 213 Å². The first-order chi connectivity index (χ1) is 15.8. The van der Waals surface area contributed by atoms with E-state index in [-0.39, 0.29) is 24.8 Å². The molecule has 1 aromatic heterocycles. The smallest absolute Gasteiger partial charge is 0.365 e. The topological polar surface area (TPSA) is 89.3 Å². The van der Waals surface area contributed by atoms with Crippen LogP contribution in [0.4, 0.5) is 26.3 Å². The van der Waals surface area contributed by atoms with Crippen molar-refractivity contribution in [2.45, 2.75) is 26.2 Å². The van der Waals surface area contributed by atoms with Crippen molar-refractivity contribution < 1.29 is 40.7 Å². The van der Waals surface area contributed by atoms with E-state index in [9.17, 15) is 40.7 Å². The quantitative estimate of drug-likeness (QED) is 0.179. The summed E-state index contributed by atoms with van der Waals surface area (Å²) in [5, 5.41) is 1.17. The van der Waals surface area contributed by atoms with Gasteiger partial charge in [0.1, 0.15) is 6.54 Å². The molecule has 2 rings (SSSR count). The second kappa shape index (κ2) is 12.1. The first-order valence-electron chi connectivity index (χ1n) is 9.03. The number of nitrogens with one attached hydrogen (secondary N) is 1. The molecule has 2 amide bonds. The number of aryl methyl sites for hydroxylation is 1. The van der Waals surface area contributed by atoms with Gasteiger partial charge < -0.3 is 11.1 Å². The van der Waals surface area contributed by atoms with Crippen molar-refractivity contribution in [2.24, 2.45) is 5.73 Å². The SMILES string of the molecule is CC(=O)NCC(F)(F)F.Cc1cc(C(=O)/C=C(/c2cc(Cl)c(Cl)c(Cl)c2)C(F)(F)F)sc1C(N)=O. The van der Waals surface area contributed by atoms with Gasteiger partial charge in [-0.3, -0.25) is 14.4 Å². The summed E-state index contributed by atoms with van der Waals surface area (Å²) >= 11 is 18.0. The number of carbonyl (C=O) groups excluding carboxylic acids is 3. The molecule has 1 heterocycles. The Kier molecular flexibility index (Phi) is 10.6. The van der Waals surface area contributed by atoms with Crippen LogP contribution in [-0.4, -0.2) is 36.5 Å². The molecule has 0 saturated heterocycles. The normalized spacial score (nSPS) is 12.0. The first kappa shape index (κ1) is 30.8. The molecule has 15 heteroatoms. The fourth-order valence-corrected chi connectivity index (χ4v) is 3.85. The van der Waals surface area contributed by atoms with Crippen LogP contribution in [0, 0.1) is 6.92 Å². The molecule has 3 N–H and O–H groups in total. The fraction of sp³-hybridized carbons (Fsp3) is 0.250. The Balaban J connectivity index is 0.000000579. The summed E-state index contributed by atoms with van der Waals surface area (Å²) in [5.74, 6) is -2.37. The summed E-state index contributed by atoms with van der Waals surface area (Å²) in [6.07, 6.45) is -8.73. The van der Waals surface area contributed by atoms with Crippen LogP contribution in [0.2, 0.25) is 15.1 Å². The number of primary amides is 1. The van der Waals surface area contributed by atoms with Crippen LogP contribution in [0.5, 0.6) is 0 Å². The second-order valence-electron chi connectivity index (χ2n) is 6.69. The zero-order valence-electron chi connectivity index (χ0n) is 17.6. The van der Waals surface area contributed by atoms with Gasteiger partial charge in [0, 0.05) is 6.92 Å². The maximum atomic E-state index is 13.4. The van der Waals surface area contributed by atoms with E-state index in [0.29, 0.717) is 11.6 Å². The molecular formula is C20H15Cl3F6N2O3S. The molecule has 0 aliphatic carbocycles. The minimum atomic E-state index is -4.85. The highest BCUT2D eigenvalue weighted by Crippen LogP contribution is 2.39. The molecule has 0 saturated carbocycles. The van der Waals surface area contributed by atoms with Gasteiger partial charge in [-0.1, -0.05) is 34.8 Å². The first-order valence-corrected chi connectivity index (χ1v) is 11.0. The van der Waals surface area contributed by atoms with Crippen LogP contribution in [0.25, 0.3) is 5.57 Å². The van der Waals surface area contributed by atoms with Crippen LogP contribution in [0.15, 0.2) is 24.3 Å². The molecule has 0 fully saturated rings. The molecule has 0 spiro atoms. The zero-order chi connectivity index (χ0) is 27.3. The standard InChI is InChI=1S/C16H9Cl3F3NO2S.C4H6F3NO/c1-6-2-12(26-14(6)15(23)25)11(24)5-8(16(20,21)22)7-3-9(17)13(19)10(18)4-7;1-3(9)8-2-4(5,6)7/h2-5H,1H3,(H2,23,25);2H2,1H3,(H,8,9)/b8-5-;. The van der Waals surface area contributed by atoms with E-state index in [1.165, 1.54) is 13.0 Å². The van der Waals surface area contributed by atoms with Gasteiger partial charge in [-0.25, -0.2) is 0 Å². The van der Waals surface area contributed by atoms with Crippen LogP contribution >= 0.6 is 46.1 Å². The van der Waals surface area contributed by atoms with Gasteiger partial charge in [0.25, 0.3) is 5.91 Å². The lowest BCUT2D eigenvalue weighted by atomic mass is 10.0. The van der Waals surface area contributed by atoms with Gasteiger partial charge in [-0.05, 0) is 42.3 Å². The summed E-state index contributed by atoms with van der Waals surface area (Å²) in [7, 11) is 0. The molecule has 0 aliphatic heterocycles. The highest BCUT2D eigenvalue weighted by Gasteiger charge is 2.36. The van der Waals surface area contributed by atoms with E-state index in [1.54, 1.807) is 5.32 Å². The Hall–Kier alpha value is -2.28. The van der Waals surface area contributed by atoms with E-state index < -0.39 is 47.6 Å². The molecule has 0 atom stereocenters. The molecule has 0 bridgehead atoms. The second-order valence-corrected chi connectivity index (χ2v) is 8.93. The Morgan fingerprint density at radius 1 is 1.03 bits per heavy atom. The van der Waals surface area contributed by atoms with Gasteiger partial charge in [0.2, 0.25) is 5.91 Å². The number of halogens is 9. The predicted octanol–water partition coefficient (Wildman–Crippen LogP) is 6.63. The summed E-state index contributed by atoms with van der Waals surface area (Å²) in [5.41, 5.74) is 3.92. The molecule has 1 aromatic carbocycles. The fourth-order valence-electron chi connectivity index (χ4n) is 2.31. The summed E-state index contributed by atoms with van der Waals surface area (Å²) < 4.78 is 73.9. The largest absolute Gasteiger partial charge is 0.417 e. The number of carbonyl (C=O) groups is 3. The van der Waals surface area contributed by atoms with Crippen LogP contribution < -0.4 is 11.1 Å². The van der Waals surface area contributed by atoms with E-state index in [4.69, 9.17) is 40.5 Å². The summed E-state index contributed by atoms with van der Waals surface area (Å²) in [4.78, 5) is 33.5. The van der Waals surface area contributed by atoms with Gasteiger partial charge in [-0.2, -0.15) is 26.3 Å². The highest BCUT2D eigenvalue weighted by atomic mass is 35.5. The lowest BCUT2D eigenvalue weighted by molar-refractivity contribution is -0.137. The molecule has 2 aromatic rings. The monoisotopic (exact) mass is 582 g/mol. The molecule has 0 unspecified atom stereocenters. The number of nitrogens with two attached hydrogens (primary N) is 1. The van der Waals surface area contributed by atoms with Crippen LogP contribution in [0.1, 0.15) is 37.4 Å². The van der Waals surface area contributed by atoms with Crippen molar-refractivity contribution in [1.82, 2.24) is 5.32 Å². The lowest BCUT2D eigenvalue weighted by Gasteiger charge is -2.13. The Morgan fingerprint density at radius 2 is 1.54 bits per heavy atom. The minimum Gasteiger partial charge on any atom is -0.365 e. The number of rotatable bonds is 5.